The molecule has 1 heterocycles. The van der Waals surface area contributed by atoms with Crippen molar-refractivity contribution < 1.29 is 20.1 Å². The molecule has 1 aliphatic rings. The summed E-state index contributed by atoms with van der Waals surface area (Å²) in [7, 11) is 0. The molecule has 0 aromatic rings. The van der Waals surface area contributed by atoms with Crippen molar-refractivity contribution in [3.8, 4) is 0 Å². The van der Waals surface area contributed by atoms with Gasteiger partial charge in [0.2, 0.25) is 0 Å². The first-order chi connectivity index (χ1) is 4.20. The fourth-order valence-corrected chi connectivity index (χ4v) is 0.784. The fraction of sp³-hybridized carbons (Fsp3) is 1.00. The second kappa shape index (κ2) is 2.62. The Hall–Kier alpha value is -0.160. The van der Waals surface area contributed by atoms with E-state index < -0.39 is 18.5 Å². The smallest absolute Gasteiger partial charge is 0.181 e. The minimum Gasteiger partial charge on any atom is -0.391 e. The molecule has 3 N–H and O–H groups in total. The Kier molecular flexibility index (Phi) is 2.02. The lowest BCUT2D eigenvalue weighted by molar-refractivity contribution is -0.211. The first kappa shape index (κ1) is 6.95. The Bertz CT molecular complexity index is 95.0. The van der Waals surface area contributed by atoms with Crippen LogP contribution in [0.15, 0.2) is 0 Å². The average molecular weight is 134 g/mol. The zero-order valence-electron chi connectivity index (χ0n) is 4.90. The van der Waals surface area contributed by atoms with Gasteiger partial charge in [-0.2, -0.15) is 0 Å². The summed E-state index contributed by atoms with van der Waals surface area (Å²) in [4.78, 5) is 0. The molecule has 0 aliphatic carbocycles. The van der Waals surface area contributed by atoms with Gasteiger partial charge in [0.1, 0.15) is 6.10 Å². The molecule has 1 rings (SSSR count). The van der Waals surface area contributed by atoms with Crippen LogP contribution in [0.2, 0.25) is 0 Å². The summed E-state index contributed by atoms with van der Waals surface area (Å²) < 4.78 is 4.56. The first-order valence-corrected chi connectivity index (χ1v) is 2.86. The van der Waals surface area contributed by atoms with Crippen molar-refractivity contribution in [3.63, 3.8) is 0 Å². The Labute approximate surface area is 52.7 Å². The Balaban J connectivity index is 2.35. The van der Waals surface area contributed by atoms with Gasteiger partial charge in [-0.25, -0.2) is 0 Å². The van der Waals surface area contributed by atoms with Crippen molar-refractivity contribution in [3.05, 3.63) is 0 Å². The van der Waals surface area contributed by atoms with E-state index in [0.717, 1.165) is 0 Å². The first-order valence-electron chi connectivity index (χ1n) is 2.86. The van der Waals surface area contributed by atoms with Crippen LogP contribution in [0.5, 0.6) is 0 Å². The molecule has 9 heavy (non-hydrogen) atoms. The predicted molar refractivity (Wildman–Crippen MR) is 28.6 cm³/mol. The summed E-state index contributed by atoms with van der Waals surface area (Å²) in [6.45, 7) is 0.109. The molecule has 1 aliphatic heterocycles. The van der Waals surface area contributed by atoms with E-state index in [-0.39, 0.29) is 13.0 Å². The molecular formula is C5H10O4. The number of hydrogen-bond donors (Lipinski definition) is 3. The maximum Gasteiger partial charge on any atom is 0.181 e. The highest BCUT2D eigenvalue weighted by Crippen LogP contribution is 2.11. The summed E-state index contributed by atoms with van der Waals surface area (Å²) in [5, 5.41) is 26.3. The summed E-state index contributed by atoms with van der Waals surface area (Å²) >= 11 is 0. The van der Waals surface area contributed by atoms with Gasteiger partial charge < -0.3 is 20.1 Å². The van der Waals surface area contributed by atoms with Gasteiger partial charge in [0, 0.05) is 6.42 Å². The summed E-state index contributed by atoms with van der Waals surface area (Å²) in [5.74, 6) is 0. The minimum absolute atomic E-state index is 0.109. The number of hydrogen-bond acceptors (Lipinski definition) is 4. The molecule has 4 nitrogen and oxygen atoms in total. The van der Waals surface area contributed by atoms with Gasteiger partial charge in [0.05, 0.1) is 12.7 Å². The van der Waals surface area contributed by atoms with Gasteiger partial charge >= 0.3 is 0 Å². The molecule has 0 radical (unpaired) electrons. The quantitative estimate of drug-likeness (QED) is 0.375. The van der Waals surface area contributed by atoms with Crippen LogP contribution in [0.25, 0.3) is 0 Å². The van der Waals surface area contributed by atoms with Crippen molar-refractivity contribution in [2.45, 2.75) is 24.9 Å². The summed E-state index contributed by atoms with van der Waals surface area (Å²) in [6.07, 6.45) is -2.49. The second-order valence-corrected chi connectivity index (χ2v) is 2.18. The lowest BCUT2D eigenvalue weighted by Crippen LogP contribution is -2.40. The number of aliphatic hydroxyl groups is 3. The molecule has 1 saturated heterocycles. The Morgan fingerprint density at radius 2 is 1.89 bits per heavy atom. The second-order valence-electron chi connectivity index (χ2n) is 2.18. The van der Waals surface area contributed by atoms with E-state index in [1.165, 1.54) is 0 Å². The van der Waals surface area contributed by atoms with Crippen molar-refractivity contribution >= 4 is 0 Å². The molecule has 0 aromatic carbocycles. The zero-order valence-corrected chi connectivity index (χ0v) is 4.90. The van der Waals surface area contributed by atoms with E-state index in [9.17, 15) is 0 Å². The van der Waals surface area contributed by atoms with Crippen LogP contribution in [-0.4, -0.2) is 40.4 Å². The SMILES string of the molecule is OC1CO[C@@H](O)[C@@H](O)C1. The van der Waals surface area contributed by atoms with Crippen LogP contribution in [0.3, 0.4) is 0 Å². The van der Waals surface area contributed by atoms with Gasteiger partial charge in [-0.1, -0.05) is 0 Å². The predicted octanol–water partition coefficient (Wildman–Crippen LogP) is -1.55. The fourth-order valence-electron chi connectivity index (χ4n) is 0.784. The molecule has 0 aromatic heterocycles. The van der Waals surface area contributed by atoms with E-state index >= 15 is 0 Å². The Morgan fingerprint density at radius 3 is 2.33 bits per heavy atom. The maximum absolute atomic E-state index is 8.81. The molecule has 1 unspecified atom stereocenters. The lowest BCUT2D eigenvalue weighted by atomic mass is 10.1. The van der Waals surface area contributed by atoms with Crippen molar-refractivity contribution in [2.75, 3.05) is 6.61 Å². The number of ether oxygens (including phenoxy) is 1. The van der Waals surface area contributed by atoms with Gasteiger partial charge in [0.15, 0.2) is 6.29 Å². The van der Waals surface area contributed by atoms with E-state index in [0.29, 0.717) is 0 Å². The van der Waals surface area contributed by atoms with Crippen molar-refractivity contribution in [1.29, 1.82) is 0 Å². The van der Waals surface area contributed by atoms with Crippen molar-refractivity contribution in [1.82, 2.24) is 0 Å². The molecule has 54 valence electrons. The topological polar surface area (TPSA) is 69.9 Å². The van der Waals surface area contributed by atoms with Crippen LogP contribution in [-0.2, 0) is 4.74 Å². The van der Waals surface area contributed by atoms with E-state index in [2.05, 4.69) is 4.74 Å². The molecule has 1 fully saturated rings. The highest BCUT2D eigenvalue weighted by molar-refractivity contribution is 4.70. The third-order valence-corrected chi connectivity index (χ3v) is 1.30. The monoisotopic (exact) mass is 134 g/mol. The third kappa shape index (κ3) is 1.62. The largest absolute Gasteiger partial charge is 0.391 e. The molecule has 0 amide bonds. The van der Waals surface area contributed by atoms with E-state index in [1.54, 1.807) is 0 Å². The highest BCUT2D eigenvalue weighted by atomic mass is 16.6. The van der Waals surface area contributed by atoms with Crippen LogP contribution in [0.1, 0.15) is 6.42 Å². The Morgan fingerprint density at radius 1 is 1.22 bits per heavy atom. The maximum atomic E-state index is 8.81. The molecule has 0 spiro atoms. The number of aliphatic hydroxyl groups excluding tert-OH is 3. The molecule has 3 atom stereocenters. The average Bonchev–Trinajstić information content (AvgIpc) is 1.80. The van der Waals surface area contributed by atoms with Gasteiger partial charge in [0.25, 0.3) is 0 Å². The van der Waals surface area contributed by atoms with Gasteiger partial charge in [-0.15, -0.1) is 0 Å². The molecule has 0 saturated carbocycles. The third-order valence-electron chi connectivity index (χ3n) is 1.30. The summed E-state index contributed by atoms with van der Waals surface area (Å²) in [6, 6.07) is 0. The molecule has 4 heteroatoms. The van der Waals surface area contributed by atoms with Crippen LogP contribution in [0, 0.1) is 0 Å². The molecular weight excluding hydrogens is 124 g/mol. The minimum atomic E-state index is -1.12. The van der Waals surface area contributed by atoms with E-state index in [4.69, 9.17) is 15.3 Å². The lowest BCUT2D eigenvalue weighted by Gasteiger charge is -2.26. The van der Waals surface area contributed by atoms with E-state index in [1.807, 2.05) is 0 Å². The molecule has 0 bridgehead atoms. The van der Waals surface area contributed by atoms with Gasteiger partial charge in [-0.3, -0.25) is 0 Å². The normalized spacial score (nSPS) is 45.0. The van der Waals surface area contributed by atoms with Crippen molar-refractivity contribution in [2.24, 2.45) is 0 Å². The van der Waals surface area contributed by atoms with Crippen LogP contribution < -0.4 is 0 Å². The highest BCUT2D eigenvalue weighted by Gasteiger charge is 2.26. The van der Waals surface area contributed by atoms with Crippen LogP contribution >= 0.6 is 0 Å². The standard InChI is InChI=1S/C5H10O4/c6-3-1-4(7)5(8)9-2-3/h3-8H,1-2H2/t3?,4-,5+/m0/s1. The number of rotatable bonds is 0. The summed E-state index contributed by atoms with van der Waals surface area (Å²) in [5.41, 5.74) is 0. The van der Waals surface area contributed by atoms with Gasteiger partial charge in [-0.05, 0) is 0 Å². The van der Waals surface area contributed by atoms with Crippen LogP contribution in [0.4, 0.5) is 0 Å². The zero-order chi connectivity index (χ0) is 6.85.